The second kappa shape index (κ2) is 7.56. The summed E-state index contributed by atoms with van der Waals surface area (Å²) in [7, 11) is 2.82. The highest BCUT2D eigenvalue weighted by Gasteiger charge is 2.15. The Bertz CT molecular complexity index is 692. The molecular weight excluding hydrogens is 327 g/mol. The summed E-state index contributed by atoms with van der Waals surface area (Å²) in [5, 5.41) is 0.744. The van der Waals surface area contributed by atoms with Crippen molar-refractivity contribution in [1.29, 1.82) is 0 Å². The fourth-order valence-electron chi connectivity index (χ4n) is 1.86. The van der Waals surface area contributed by atoms with Crippen LogP contribution in [0.5, 0.6) is 0 Å². The van der Waals surface area contributed by atoms with Crippen molar-refractivity contribution < 1.29 is 14.4 Å². The minimum Gasteiger partial charge on any atom is -0.464 e. The SMILES string of the molecule is CONCc1ccc(-c2ccc(Cl)c(C(=O)OC)n2)c(Cl)c1. The average Bonchev–Trinajstić information content (AvgIpc) is 2.53. The van der Waals surface area contributed by atoms with Gasteiger partial charge in [0.2, 0.25) is 0 Å². The Morgan fingerprint density at radius 1 is 1.18 bits per heavy atom. The number of benzene rings is 1. The monoisotopic (exact) mass is 340 g/mol. The lowest BCUT2D eigenvalue weighted by Crippen LogP contribution is -2.10. The lowest BCUT2D eigenvalue weighted by Gasteiger charge is -2.09. The normalized spacial score (nSPS) is 10.5. The Balaban J connectivity index is 2.37. The molecule has 1 aromatic heterocycles. The zero-order chi connectivity index (χ0) is 16.1. The van der Waals surface area contributed by atoms with Gasteiger partial charge in [-0.3, -0.25) is 0 Å². The Morgan fingerprint density at radius 2 is 1.95 bits per heavy atom. The first-order valence-electron chi connectivity index (χ1n) is 6.36. The third-order valence-corrected chi connectivity index (χ3v) is 3.57. The standard InChI is InChI=1S/C15H14Cl2N2O3/c1-21-15(20)14-11(16)5-6-13(19-14)10-4-3-9(7-12(10)17)8-18-22-2/h3-7,18H,8H2,1-2H3. The molecular formula is C15H14Cl2N2O3. The summed E-state index contributed by atoms with van der Waals surface area (Å²) in [5.41, 5.74) is 4.99. The van der Waals surface area contributed by atoms with E-state index in [1.54, 1.807) is 25.3 Å². The van der Waals surface area contributed by atoms with Crippen LogP contribution in [0.15, 0.2) is 30.3 Å². The molecule has 1 N–H and O–H groups in total. The molecule has 7 heteroatoms. The van der Waals surface area contributed by atoms with Crippen molar-refractivity contribution in [3.05, 3.63) is 51.6 Å². The molecule has 22 heavy (non-hydrogen) atoms. The lowest BCUT2D eigenvalue weighted by molar-refractivity contribution is 0.0594. The molecule has 0 fully saturated rings. The minimum absolute atomic E-state index is 0.0582. The molecule has 1 aromatic carbocycles. The molecule has 0 aliphatic heterocycles. The predicted molar refractivity (Wildman–Crippen MR) is 84.9 cm³/mol. The summed E-state index contributed by atoms with van der Waals surface area (Å²) in [6.07, 6.45) is 0. The number of esters is 1. The van der Waals surface area contributed by atoms with Crippen LogP contribution in [0.1, 0.15) is 16.1 Å². The van der Waals surface area contributed by atoms with E-state index < -0.39 is 5.97 Å². The van der Waals surface area contributed by atoms with Crippen LogP contribution in [0.25, 0.3) is 11.3 Å². The summed E-state index contributed by atoms with van der Waals surface area (Å²) in [5.74, 6) is -0.594. The minimum atomic E-state index is -0.594. The van der Waals surface area contributed by atoms with Gasteiger partial charge in [-0.25, -0.2) is 9.78 Å². The lowest BCUT2D eigenvalue weighted by atomic mass is 10.1. The first-order chi connectivity index (χ1) is 10.6. The van der Waals surface area contributed by atoms with Crippen LogP contribution in [-0.2, 0) is 16.1 Å². The van der Waals surface area contributed by atoms with Gasteiger partial charge in [-0.15, -0.1) is 0 Å². The highest BCUT2D eigenvalue weighted by atomic mass is 35.5. The number of halogens is 2. The summed E-state index contributed by atoms with van der Waals surface area (Å²) < 4.78 is 4.66. The van der Waals surface area contributed by atoms with Crippen molar-refractivity contribution in [3.8, 4) is 11.3 Å². The maximum Gasteiger partial charge on any atom is 0.358 e. The number of nitrogens with zero attached hydrogens (tertiary/aromatic N) is 1. The van der Waals surface area contributed by atoms with Gasteiger partial charge in [-0.1, -0.05) is 35.3 Å². The number of hydrogen-bond donors (Lipinski definition) is 1. The molecule has 5 nitrogen and oxygen atoms in total. The largest absolute Gasteiger partial charge is 0.464 e. The van der Waals surface area contributed by atoms with Gasteiger partial charge in [0.15, 0.2) is 5.69 Å². The van der Waals surface area contributed by atoms with Gasteiger partial charge in [0.1, 0.15) is 0 Å². The van der Waals surface area contributed by atoms with E-state index in [1.807, 2.05) is 12.1 Å². The van der Waals surface area contributed by atoms with Crippen molar-refractivity contribution >= 4 is 29.2 Å². The third kappa shape index (κ3) is 3.75. The predicted octanol–water partition coefficient (Wildman–Crippen LogP) is 3.49. The molecule has 0 radical (unpaired) electrons. The fourth-order valence-corrected chi connectivity index (χ4v) is 2.35. The fraction of sp³-hybridized carbons (Fsp3) is 0.200. The van der Waals surface area contributed by atoms with Crippen molar-refractivity contribution in [2.75, 3.05) is 14.2 Å². The van der Waals surface area contributed by atoms with Crippen LogP contribution in [0.4, 0.5) is 0 Å². The second-order valence-electron chi connectivity index (χ2n) is 4.36. The van der Waals surface area contributed by atoms with Crippen LogP contribution in [-0.4, -0.2) is 25.2 Å². The van der Waals surface area contributed by atoms with E-state index in [1.165, 1.54) is 7.11 Å². The van der Waals surface area contributed by atoms with E-state index >= 15 is 0 Å². The third-order valence-electron chi connectivity index (χ3n) is 2.95. The number of carbonyl (C=O) groups is 1. The van der Waals surface area contributed by atoms with Crippen molar-refractivity contribution in [3.63, 3.8) is 0 Å². The second-order valence-corrected chi connectivity index (χ2v) is 5.17. The van der Waals surface area contributed by atoms with Crippen molar-refractivity contribution in [1.82, 2.24) is 10.5 Å². The molecule has 1 heterocycles. The molecule has 0 aliphatic carbocycles. The number of methoxy groups -OCH3 is 1. The number of hydroxylamine groups is 1. The topological polar surface area (TPSA) is 60.5 Å². The Labute approximate surface area is 138 Å². The van der Waals surface area contributed by atoms with Gasteiger partial charge in [-0.05, 0) is 23.8 Å². The first-order valence-corrected chi connectivity index (χ1v) is 7.12. The van der Waals surface area contributed by atoms with Gasteiger partial charge >= 0.3 is 5.97 Å². The number of carbonyl (C=O) groups excluding carboxylic acids is 1. The molecule has 0 saturated carbocycles. The van der Waals surface area contributed by atoms with Gasteiger partial charge < -0.3 is 9.57 Å². The Hall–Kier alpha value is -1.66. The molecule has 2 aromatic rings. The van der Waals surface area contributed by atoms with E-state index in [9.17, 15) is 4.79 Å². The van der Waals surface area contributed by atoms with Gasteiger partial charge in [0.05, 0.1) is 30.0 Å². The number of rotatable bonds is 5. The maximum atomic E-state index is 11.7. The van der Waals surface area contributed by atoms with Gasteiger partial charge in [0.25, 0.3) is 0 Å². The summed E-state index contributed by atoms with van der Waals surface area (Å²) in [4.78, 5) is 20.7. The van der Waals surface area contributed by atoms with E-state index in [0.717, 1.165) is 5.56 Å². The van der Waals surface area contributed by atoms with Crippen LogP contribution in [0.2, 0.25) is 10.0 Å². The zero-order valence-corrected chi connectivity index (χ0v) is 13.5. The summed E-state index contributed by atoms with van der Waals surface area (Å²) in [6.45, 7) is 0.526. The van der Waals surface area contributed by atoms with Crippen LogP contribution in [0.3, 0.4) is 0 Å². The van der Waals surface area contributed by atoms with E-state index in [-0.39, 0.29) is 10.7 Å². The molecule has 0 atom stereocenters. The van der Waals surface area contributed by atoms with Crippen molar-refractivity contribution in [2.45, 2.75) is 6.54 Å². The van der Waals surface area contributed by atoms with Crippen LogP contribution in [0, 0.1) is 0 Å². The molecule has 0 amide bonds. The Morgan fingerprint density at radius 3 is 2.59 bits per heavy atom. The first kappa shape index (κ1) is 16.7. The molecule has 0 unspecified atom stereocenters. The molecule has 116 valence electrons. The zero-order valence-electron chi connectivity index (χ0n) is 12.0. The number of hydrogen-bond acceptors (Lipinski definition) is 5. The summed E-state index contributed by atoms with van der Waals surface area (Å²) >= 11 is 12.3. The van der Waals surface area contributed by atoms with Crippen LogP contribution >= 0.6 is 23.2 Å². The number of pyridine rings is 1. The Kier molecular flexibility index (Phi) is 5.74. The molecule has 0 spiro atoms. The van der Waals surface area contributed by atoms with E-state index in [2.05, 4.69) is 15.2 Å². The van der Waals surface area contributed by atoms with Crippen molar-refractivity contribution in [2.24, 2.45) is 0 Å². The maximum absolute atomic E-state index is 11.7. The quantitative estimate of drug-likeness (QED) is 0.666. The number of aromatic nitrogens is 1. The van der Waals surface area contributed by atoms with E-state index in [4.69, 9.17) is 28.0 Å². The number of nitrogens with one attached hydrogen (secondary N) is 1. The van der Waals surface area contributed by atoms with Gasteiger partial charge in [-0.2, -0.15) is 5.48 Å². The molecule has 0 bridgehead atoms. The molecule has 0 aliphatic rings. The highest BCUT2D eigenvalue weighted by molar-refractivity contribution is 6.34. The smallest absolute Gasteiger partial charge is 0.358 e. The van der Waals surface area contributed by atoms with Gasteiger partial charge in [0, 0.05) is 12.1 Å². The van der Waals surface area contributed by atoms with E-state index in [0.29, 0.717) is 22.8 Å². The molecule has 2 rings (SSSR count). The summed E-state index contributed by atoms with van der Waals surface area (Å²) in [6, 6.07) is 8.81. The highest BCUT2D eigenvalue weighted by Crippen LogP contribution is 2.29. The van der Waals surface area contributed by atoms with Crippen LogP contribution < -0.4 is 5.48 Å². The molecule has 0 saturated heterocycles. The average molecular weight is 341 g/mol. The number of ether oxygens (including phenoxy) is 1.